The van der Waals surface area contributed by atoms with Crippen molar-refractivity contribution in [3.8, 4) is 0 Å². The van der Waals surface area contributed by atoms with Gasteiger partial charge in [0.1, 0.15) is 10.7 Å². The minimum Gasteiger partial charge on any atom is -0.208 e. The molecule has 0 aromatic heterocycles. The molecule has 1 atom stereocenters. The van der Waals surface area contributed by atoms with Crippen molar-refractivity contribution in [1.82, 2.24) is 4.72 Å². The zero-order valence-corrected chi connectivity index (χ0v) is 14.2. The Hall–Kier alpha value is -0.700. The monoisotopic (exact) mass is 357 g/mol. The molecule has 0 aliphatic rings. The van der Waals surface area contributed by atoms with Gasteiger partial charge in [0, 0.05) is 16.7 Å². The van der Waals surface area contributed by atoms with Crippen LogP contribution in [-0.2, 0) is 19.1 Å². The van der Waals surface area contributed by atoms with Gasteiger partial charge in [-0.25, -0.2) is 25.9 Å². The third-order valence-corrected chi connectivity index (χ3v) is 5.90. The standard InChI is InChI=1S/C12H17ClFNO4S2/c1-4-11(8(2)3)15-21(18,19)12-6-5-9(7-10(12)14)20(13,16)17/h5-8,11,15H,4H2,1-3H3. The van der Waals surface area contributed by atoms with Gasteiger partial charge in [0.25, 0.3) is 9.05 Å². The average Bonchev–Trinajstić information content (AvgIpc) is 2.34. The van der Waals surface area contributed by atoms with Crippen molar-refractivity contribution >= 4 is 29.8 Å². The number of rotatable bonds is 6. The lowest BCUT2D eigenvalue weighted by Gasteiger charge is -2.20. The molecule has 0 aliphatic carbocycles. The molecule has 5 nitrogen and oxygen atoms in total. The van der Waals surface area contributed by atoms with Gasteiger partial charge in [-0.1, -0.05) is 20.8 Å². The molecule has 0 heterocycles. The second kappa shape index (κ2) is 6.60. The van der Waals surface area contributed by atoms with Crippen molar-refractivity contribution in [2.45, 2.75) is 43.0 Å². The predicted octanol–water partition coefficient (Wildman–Crippen LogP) is 2.47. The van der Waals surface area contributed by atoms with Crippen molar-refractivity contribution in [2.75, 3.05) is 0 Å². The molecule has 21 heavy (non-hydrogen) atoms. The fourth-order valence-corrected chi connectivity index (χ4v) is 4.09. The van der Waals surface area contributed by atoms with Gasteiger partial charge in [-0.2, -0.15) is 0 Å². The van der Waals surface area contributed by atoms with E-state index in [4.69, 9.17) is 10.7 Å². The van der Waals surface area contributed by atoms with Gasteiger partial charge in [-0.3, -0.25) is 0 Å². The first kappa shape index (κ1) is 18.3. The Balaban J connectivity index is 3.21. The van der Waals surface area contributed by atoms with E-state index in [9.17, 15) is 21.2 Å². The van der Waals surface area contributed by atoms with Gasteiger partial charge in [0.2, 0.25) is 10.0 Å². The van der Waals surface area contributed by atoms with E-state index in [2.05, 4.69) is 4.72 Å². The minimum absolute atomic E-state index is 0.0373. The number of sulfonamides is 1. The summed E-state index contributed by atoms with van der Waals surface area (Å²) in [6.07, 6.45) is 0.548. The van der Waals surface area contributed by atoms with Gasteiger partial charge >= 0.3 is 0 Å². The van der Waals surface area contributed by atoms with Gasteiger partial charge in [-0.15, -0.1) is 0 Å². The maximum absolute atomic E-state index is 13.9. The van der Waals surface area contributed by atoms with Crippen LogP contribution < -0.4 is 4.72 Å². The lowest BCUT2D eigenvalue weighted by atomic mass is 10.0. The molecule has 1 N–H and O–H groups in total. The third-order valence-electron chi connectivity index (χ3n) is 3.03. The van der Waals surface area contributed by atoms with Crippen LogP contribution in [0.4, 0.5) is 4.39 Å². The van der Waals surface area contributed by atoms with E-state index in [1.165, 1.54) is 0 Å². The predicted molar refractivity (Wildman–Crippen MR) is 78.7 cm³/mol. The Morgan fingerprint density at radius 2 is 1.81 bits per heavy atom. The van der Waals surface area contributed by atoms with Crippen LogP contribution in [0, 0.1) is 11.7 Å². The van der Waals surface area contributed by atoms with Crippen LogP contribution >= 0.6 is 10.7 Å². The van der Waals surface area contributed by atoms with Crippen LogP contribution in [-0.4, -0.2) is 22.9 Å². The maximum Gasteiger partial charge on any atom is 0.261 e. The lowest BCUT2D eigenvalue weighted by molar-refractivity contribution is 0.435. The summed E-state index contributed by atoms with van der Waals surface area (Å²) in [5, 5.41) is 0. The van der Waals surface area contributed by atoms with Crippen LogP contribution in [0.25, 0.3) is 0 Å². The second-order valence-electron chi connectivity index (χ2n) is 4.91. The number of halogens is 2. The summed E-state index contributed by atoms with van der Waals surface area (Å²) in [5.74, 6) is -1.13. The zero-order chi connectivity index (χ0) is 16.4. The van der Waals surface area contributed by atoms with Crippen molar-refractivity contribution in [3.63, 3.8) is 0 Å². The number of benzene rings is 1. The number of hydrogen-bond acceptors (Lipinski definition) is 4. The third kappa shape index (κ3) is 4.64. The Bertz CT molecular complexity index is 717. The minimum atomic E-state index is -4.11. The first-order valence-electron chi connectivity index (χ1n) is 6.25. The summed E-state index contributed by atoms with van der Waals surface area (Å²) in [7, 11) is -3.10. The van der Waals surface area contributed by atoms with Gasteiger partial charge in [-0.05, 0) is 30.5 Å². The van der Waals surface area contributed by atoms with E-state index in [0.717, 1.165) is 12.1 Å². The maximum atomic E-state index is 13.9. The highest BCUT2D eigenvalue weighted by atomic mass is 35.7. The highest BCUT2D eigenvalue weighted by Gasteiger charge is 2.25. The fraction of sp³-hybridized carbons (Fsp3) is 0.500. The summed E-state index contributed by atoms with van der Waals surface area (Å²) < 4.78 is 62.8. The molecular formula is C12H17ClFNO4S2. The van der Waals surface area contributed by atoms with Crippen molar-refractivity contribution in [2.24, 2.45) is 5.92 Å². The molecule has 0 radical (unpaired) electrons. The summed E-state index contributed by atoms with van der Waals surface area (Å²) >= 11 is 0. The first-order valence-corrected chi connectivity index (χ1v) is 10.0. The molecule has 9 heteroatoms. The summed E-state index contributed by atoms with van der Waals surface area (Å²) in [5.41, 5.74) is 0. The Kier molecular flexibility index (Phi) is 5.76. The largest absolute Gasteiger partial charge is 0.261 e. The highest BCUT2D eigenvalue weighted by molar-refractivity contribution is 8.13. The van der Waals surface area contributed by atoms with Gasteiger partial charge in [0.15, 0.2) is 0 Å². The molecule has 1 aromatic carbocycles. The highest BCUT2D eigenvalue weighted by Crippen LogP contribution is 2.22. The summed E-state index contributed by atoms with van der Waals surface area (Å²) in [6, 6.07) is 2.09. The quantitative estimate of drug-likeness (QED) is 0.793. The van der Waals surface area contributed by atoms with E-state index in [1.807, 2.05) is 20.8 Å². The van der Waals surface area contributed by atoms with Crippen LogP contribution in [0.5, 0.6) is 0 Å². The first-order chi connectivity index (χ1) is 9.49. The van der Waals surface area contributed by atoms with E-state index in [0.29, 0.717) is 12.5 Å². The van der Waals surface area contributed by atoms with E-state index in [1.54, 1.807) is 0 Å². The van der Waals surface area contributed by atoms with Crippen molar-refractivity contribution < 1.29 is 21.2 Å². The molecule has 0 fully saturated rings. The van der Waals surface area contributed by atoms with Crippen LogP contribution in [0.15, 0.2) is 28.0 Å². The van der Waals surface area contributed by atoms with Crippen LogP contribution in [0.3, 0.4) is 0 Å². The van der Waals surface area contributed by atoms with Gasteiger partial charge in [0.05, 0.1) is 4.90 Å². The molecule has 0 bridgehead atoms. The molecule has 0 aliphatic heterocycles. The Labute approximate surface area is 129 Å². The molecule has 0 saturated heterocycles. The summed E-state index contributed by atoms with van der Waals surface area (Å²) in [4.78, 5) is -1.10. The number of nitrogens with one attached hydrogen (secondary N) is 1. The Morgan fingerprint density at radius 3 is 2.19 bits per heavy atom. The summed E-state index contributed by atoms with van der Waals surface area (Å²) in [6.45, 7) is 5.50. The molecule has 0 saturated carbocycles. The Morgan fingerprint density at radius 1 is 1.24 bits per heavy atom. The molecule has 1 unspecified atom stereocenters. The molecular weight excluding hydrogens is 341 g/mol. The van der Waals surface area contributed by atoms with Crippen LogP contribution in [0.1, 0.15) is 27.2 Å². The smallest absolute Gasteiger partial charge is 0.208 e. The van der Waals surface area contributed by atoms with Crippen LogP contribution in [0.2, 0.25) is 0 Å². The average molecular weight is 358 g/mol. The van der Waals surface area contributed by atoms with Crippen molar-refractivity contribution in [3.05, 3.63) is 24.0 Å². The lowest BCUT2D eigenvalue weighted by Crippen LogP contribution is -2.38. The van der Waals surface area contributed by atoms with Gasteiger partial charge < -0.3 is 0 Å². The normalized spacial score (nSPS) is 14.4. The molecule has 0 spiro atoms. The molecule has 1 rings (SSSR count). The molecule has 0 amide bonds. The molecule has 120 valence electrons. The fourth-order valence-electron chi connectivity index (χ4n) is 1.80. The second-order valence-corrected chi connectivity index (χ2v) is 9.16. The van der Waals surface area contributed by atoms with E-state index >= 15 is 0 Å². The molecule has 1 aromatic rings. The zero-order valence-electron chi connectivity index (χ0n) is 11.8. The van der Waals surface area contributed by atoms with E-state index in [-0.39, 0.29) is 12.0 Å². The van der Waals surface area contributed by atoms with Crippen molar-refractivity contribution in [1.29, 1.82) is 0 Å². The topological polar surface area (TPSA) is 80.3 Å². The number of hydrogen-bond donors (Lipinski definition) is 1. The van der Waals surface area contributed by atoms with E-state index < -0.39 is 34.7 Å². The SMILES string of the molecule is CCC(NS(=O)(=O)c1ccc(S(=O)(=O)Cl)cc1F)C(C)C.